The maximum absolute atomic E-state index is 12.4. The maximum atomic E-state index is 12.4. The normalized spacial score (nSPS) is 17.2. The SMILES string of the molecule is Cc1cc(Cl)cnc1NC(=O)C1CC(=O)N(Cc2ccccc2)C1. The number of anilines is 1. The lowest BCUT2D eigenvalue weighted by atomic mass is 10.1. The van der Waals surface area contributed by atoms with Gasteiger partial charge in [0.25, 0.3) is 0 Å². The van der Waals surface area contributed by atoms with E-state index >= 15 is 0 Å². The quantitative estimate of drug-likeness (QED) is 0.928. The highest BCUT2D eigenvalue weighted by Gasteiger charge is 2.34. The molecule has 2 aromatic rings. The van der Waals surface area contributed by atoms with Crippen molar-refractivity contribution in [2.45, 2.75) is 19.9 Å². The van der Waals surface area contributed by atoms with Gasteiger partial charge in [-0.15, -0.1) is 0 Å². The van der Waals surface area contributed by atoms with Gasteiger partial charge in [0.2, 0.25) is 11.8 Å². The lowest BCUT2D eigenvalue weighted by molar-refractivity contribution is -0.128. The Bertz CT molecular complexity index is 764. The molecule has 3 rings (SSSR count). The molecule has 2 amide bonds. The van der Waals surface area contributed by atoms with E-state index in [9.17, 15) is 9.59 Å². The van der Waals surface area contributed by atoms with Crippen LogP contribution in [0.25, 0.3) is 0 Å². The minimum Gasteiger partial charge on any atom is -0.338 e. The van der Waals surface area contributed by atoms with Crippen molar-refractivity contribution < 1.29 is 9.59 Å². The van der Waals surface area contributed by atoms with E-state index in [1.165, 1.54) is 6.20 Å². The zero-order valence-corrected chi connectivity index (χ0v) is 14.1. The van der Waals surface area contributed by atoms with Gasteiger partial charge in [-0.3, -0.25) is 9.59 Å². The molecule has 24 heavy (non-hydrogen) atoms. The van der Waals surface area contributed by atoms with E-state index in [0.29, 0.717) is 23.9 Å². The Hall–Kier alpha value is -2.40. The maximum Gasteiger partial charge on any atom is 0.230 e. The van der Waals surface area contributed by atoms with Crippen LogP contribution in [0.5, 0.6) is 0 Å². The summed E-state index contributed by atoms with van der Waals surface area (Å²) in [5.74, 6) is -0.0620. The number of amides is 2. The molecular formula is C18H18ClN3O2. The number of hydrogen-bond donors (Lipinski definition) is 1. The van der Waals surface area contributed by atoms with Gasteiger partial charge in [-0.05, 0) is 24.1 Å². The molecule has 0 saturated carbocycles. The monoisotopic (exact) mass is 343 g/mol. The summed E-state index contributed by atoms with van der Waals surface area (Å²) in [4.78, 5) is 30.5. The molecule has 2 heterocycles. The molecule has 1 aromatic carbocycles. The zero-order chi connectivity index (χ0) is 17.1. The highest BCUT2D eigenvalue weighted by molar-refractivity contribution is 6.30. The Kier molecular flexibility index (Phi) is 4.81. The van der Waals surface area contributed by atoms with E-state index < -0.39 is 0 Å². The minimum absolute atomic E-state index is 0.000194. The lowest BCUT2D eigenvalue weighted by Gasteiger charge is -2.16. The Morgan fingerprint density at radius 3 is 2.83 bits per heavy atom. The predicted octanol–water partition coefficient (Wildman–Crippen LogP) is 3.03. The highest BCUT2D eigenvalue weighted by Crippen LogP contribution is 2.23. The molecule has 0 aliphatic carbocycles. The average molecular weight is 344 g/mol. The van der Waals surface area contributed by atoms with E-state index in [-0.39, 0.29) is 24.2 Å². The van der Waals surface area contributed by atoms with Crippen molar-refractivity contribution in [1.29, 1.82) is 0 Å². The van der Waals surface area contributed by atoms with Gasteiger partial charge < -0.3 is 10.2 Å². The minimum atomic E-state index is -0.363. The smallest absolute Gasteiger partial charge is 0.230 e. The van der Waals surface area contributed by atoms with Gasteiger partial charge >= 0.3 is 0 Å². The van der Waals surface area contributed by atoms with Crippen LogP contribution in [0.3, 0.4) is 0 Å². The largest absolute Gasteiger partial charge is 0.338 e. The van der Waals surface area contributed by atoms with Crippen molar-refractivity contribution in [2.24, 2.45) is 5.92 Å². The van der Waals surface area contributed by atoms with Crippen LogP contribution in [0.4, 0.5) is 5.82 Å². The highest BCUT2D eigenvalue weighted by atomic mass is 35.5. The summed E-state index contributed by atoms with van der Waals surface area (Å²) in [7, 11) is 0. The van der Waals surface area contributed by atoms with Gasteiger partial charge in [-0.1, -0.05) is 41.9 Å². The molecule has 0 radical (unpaired) electrons. The number of likely N-dealkylation sites (tertiary alicyclic amines) is 1. The van der Waals surface area contributed by atoms with Crippen molar-refractivity contribution in [3.63, 3.8) is 0 Å². The number of aromatic nitrogens is 1. The molecule has 1 aliphatic heterocycles. The fourth-order valence-corrected chi connectivity index (χ4v) is 3.01. The van der Waals surface area contributed by atoms with Crippen LogP contribution >= 0.6 is 11.6 Å². The second-order valence-electron chi connectivity index (χ2n) is 5.97. The van der Waals surface area contributed by atoms with Crippen LogP contribution in [0.2, 0.25) is 5.02 Å². The molecule has 1 N–H and O–H groups in total. The number of pyridine rings is 1. The number of carbonyl (C=O) groups is 2. The first-order chi connectivity index (χ1) is 11.5. The number of benzene rings is 1. The van der Waals surface area contributed by atoms with E-state index in [1.807, 2.05) is 37.3 Å². The molecule has 0 spiro atoms. The number of nitrogens with one attached hydrogen (secondary N) is 1. The van der Waals surface area contributed by atoms with Crippen LogP contribution in [0.1, 0.15) is 17.5 Å². The molecule has 1 fully saturated rings. The van der Waals surface area contributed by atoms with E-state index in [0.717, 1.165) is 11.1 Å². The van der Waals surface area contributed by atoms with Crippen LogP contribution in [0, 0.1) is 12.8 Å². The van der Waals surface area contributed by atoms with Crippen LogP contribution in [-0.4, -0.2) is 28.2 Å². The first-order valence-corrected chi connectivity index (χ1v) is 8.15. The topological polar surface area (TPSA) is 62.3 Å². The Balaban J connectivity index is 1.63. The van der Waals surface area contributed by atoms with Crippen molar-refractivity contribution >= 4 is 29.2 Å². The van der Waals surface area contributed by atoms with Crippen LogP contribution in [-0.2, 0) is 16.1 Å². The van der Waals surface area contributed by atoms with Gasteiger partial charge in [0.05, 0.1) is 10.9 Å². The van der Waals surface area contributed by atoms with Crippen molar-refractivity contribution in [3.8, 4) is 0 Å². The average Bonchev–Trinajstić information content (AvgIpc) is 2.92. The summed E-state index contributed by atoms with van der Waals surface area (Å²) in [6.45, 7) is 2.78. The van der Waals surface area contributed by atoms with Gasteiger partial charge in [-0.25, -0.2) is 4.98 Å². The van der Waals surface area contributed by atoms with Gasteiger partial charge in [0.1, 0.15) is 5.82 Å². The molecular weight excluding hydrogens is 326 g/mol. The second kappa shape index (κ2) is 7.01. The Morgan fingerprint density at radius 1 is 1.38 bits per heavy atom. The Morgan fingerprint density at radius 2 is 2.12 bits per heavy atom. The Labute approximate surface area is 145 Å². The van der Waals surface area contributed by atoms with Crippen molar-refractivity contribution in [1.82, 2.24) is 9.88 Å². The number of carbonyl (C=O) groups excluding carboxylic acids is 2. The summed E-state index contributed by atoms with van der Waals surface area (Å²) < 4.78 is 0. The molecule has 1 unspecified atom stereocenters. The zero-order valence-electron chi connectivity index (χ0n) is 13.3. The van der Waals surface area contributed by atoms with Crippen LogP contribution < -0.4 is 5.32 Å². The molecule has 1 saturated heterocycles. The first kappa shape index (κ1) is 16.5. The first-order valence-electron chi connectivity index (χ1n) is 7.77. The summed E-state index contributed by atoms with van der Waals surface area (Å²) >= 11 is 5.87. The van der Waals surface area contributed by atoms with Crippen LogP contribution in [0.15, 0.2) is 42.6 Å². The number of rotatable bonds is 4. The van der Waals surface area contributed by atoms with Gasteiger partial charge in [0, 0.05) is 25.7 Å². The van der Waals surface area contributed by atoms with Crippen molar-refractivity contribution in [2.75, 3.05) is 11.9 Å². The number of hydrogen-bond acceptors (Lipinski definition) is 3. The summed E-state index contributed by atoms with van der Waals surface area (Å²) in [5.41, 5.74) is 1.85. The fourth-order valence-electron chi connectivity index (χ4n) is 2.79. The molecule has 1 aromatic heterocycles. The number of nitrogens with zero attached hydrogens (tertiary/aromatic N) is 2. The molecule has 5 nitrogen and oxygen atoms in total. The summed E-state index contributed by atoms with van der Waals surface area (Å²) in [6, 6.07) is 11.5. The lowest BCUT2D eigenvalue weighted by Crippen LogP contribution is -2.28. The fraction of sp³-hybridized carbons (Fsp3) is 0.278. The van der Waals surface area contributed by atoms with E-state index in [4.69, 9.17) is 11.6 Å². The molecule has 1 aliphatic rings. The number of halogens is 1. The summed E-state index contributed by atoms with van der Waals surface area (Å²) in [6.07, 6.45) is 1.72. The van der Waals surface area contributed by atoms with Gasteiger partial charge in [-0.2, -0.15) is 0 Å². The van der Waals surface area contributed by atoms with Gasteiger partial charge in [0.15, 0.2) is 0 Å². The standard InChI is InChI=1S/C18H18ClN3O2/c1-12-7-15(19)9-20-17(12)21-18(24)14-8-16(23)22(11-14)10-13-5-3-2-4-6-13/h2-7,9,14H,8,10-11H2,1H3,(H,20,21,24). The van der Waals surface area contributed by atoms with E-state index in [2.05, 4.69) is 10.3 Å². The molecule has 0 bridgehead atoms. The molecule has 1 atom stereocenters. The second-order valence-corrected chi connectivity index (χ2v) is 6.41. The molecule has 124 valence electrons. The van der Waals surface area contributed by atoms with Crippen molar-refractivity contribution in [3.05, 3.63) is 58.7 Å². The van der Waals surface area contributed by atoms with E-state index in [1.54, 1.807) is 11.0 Å². The number of aryl methyl sites for hydroxylation is 1. The summed E-state index contributed by atoms with van der Waals surface area (Å²) in [5, 5.41) is 3.32. The molecule has 6 heteroatoms. The predicted molar refractivity (Wildman–Crippen MR) is 92.6 cm³/mol. The third-order valence-corrected chi connectivity index (χ3v) is 4.29. The third-order valence-electron chi connectivity index (χ3n) is 4.09. The third kappa shape index (κ3) is 3.74.